The lowest BCUT2D eigenvalue weighted by Crippen LogP contribution is -2.47. The van der Waals surface area contributed by atoms with Gasteiger partial charge in [-0.15, -0.1) is 11.3 Å². The molecule has 0 fully saturated rings. The molecule has 0 aliphatic carbocycles. The number of nitrogens with zero attached hydrogens (tertiary/aromatic N) is 3. The van der Waals surface area contributed by atoms with Gasteiger partial charge >= 0.3 is 6.18 Å². The maximum Gasteiger partial charge on any atom is 0.416 e. The van der Waals surface area contributed by atoms with E-state index in [1.807, 2.05) is 6.92 Å². The van der Waals surface area contributed by atoms with Crippen molar-refractivity contribution in [2.45, 2.75) is 38.4 Å². The Bertz CT molecular complexity index is 1630. The summed E-state index contributed by atoms with van der Waals surface area (Å²) in [6, 6.07) is 12.0. The van der Waals surface area contributed by atoms with Gasteiger partial charge < -0.3 is 5.32 Å². The van der Waals surface area contributed by atoms with Gasteiger partial charge in [-0.2, -0.15) is 18.3 Å². The number of benzene rings is 2. The number of rotatable bonds is 9. The van der Waals surface area contributed by atoms with E-state index in [1.165, 1.54) is 47.9 Å². The molecule has 5 rings (SSSR count). The van der Waals surface area contributed by atoms with Crippen molar-refractivity contribution in [3.63, 3.8) is 0 Å². The number of halogens is 4. The van der Waals surface area contributed by atoms with E-state index < -0.39 is 35.5 Å². The zero-order valence-electron chi connectivity index (χ0n) is 22.7. The van der Waals surface area contributed by atoms with Gasteiger partial charge in [0, 0.05) is 24.0 Å². The number of hydrogen-bond acceptors (Lipinski definition) is 5. The van der Waals surface area contributed by atoms with Crippen molar-refractivity contribution < 1.29 is 27.6 Å². The minimum absolute atomic E-state index is 0.0629. The Kier molecular flexibility index (Phi) is 8.25. The number of amides is 3. The molecule has 0 saturated heterocycles. The van der Waals surface area contributed by atoms with Gasteiger partial charge in [0.2, 0.25) is 0 Å². The standard InChI is InChI=1S/C30H26ClF3N4O3S/c1-3-8-24-21(26-23(31)15-35-37(26)2)14-25(42-24)27(39)36-18(13-17-9-4-7-12-22(17)30(32,33)34)16-38-28(40)19-10-5-6-11-20(19)29(38)41/h4-7,9-12,14-15,18H,3,8,13,16H2,1-2H3,(H,36,39)/t18-/m0/s1. The highest BCUT2D eigenvalue weighted by Crippen LogP contribution is 2.37. The Labute approximate surface area is 248 Å². The van der Waals surface area contributed by atoms with Crippen molar-refractivity contribution >= 4 is 40.7 Å². The fourth-order valence-corrected chi connectivity index (χ4v) is 6.58. The molecular formula is C30H26ClF3N4O3S. The SMILES string of the molecule is CCCc1sc(C(=O)N[C@@H](Cc2ccccc2C(F)(F)F)CN2C(=O)c3ccccc3C2=O)cc1-c1c(Cl)cnn1C. The zero-order valence-corrected chi connectivity index (χ0v) is 24.2. The van der Waals surface area contributed by atoms with Gasteiger partial charge in [0.25, 0.3) is 17.7 Å². The molecule has 0 unspecified atom stereocenters. The predicted octanol–water partition coefficient (Wildman–Crippen LogP) is 6.41. The Morgan fingerprint density at radius 2 is 1.69 bits per heavy atom. The van der Waals surface area contributed by atoms with E-state index >= 15 is 0 Å². The van der Waals surface area contributed by atoms with Gasteiger partial charge in [-0.1, -0.05) is 55.3 Å². The molecule has 1 aliphatic rings. The van der Waals surface area contributed by atoms with Crippen LogP contribution in [0.25, 0.3) is 11.3 Å². The Morgan fingerprint density at radius 3 is 2.29 bits per heavy atom. The molecule has 0 spiro atoms. The van der Waals surface area contributed by atoms with E-state index in [0.29, 0.717) is 22.0 Å². The molecule has 1 N–H and O–H groups in total. The summed E-state index contributed by atoms with van der Waals surface area (Å²) in [6.45, 7) is 1.70. The highest BCUT2D eigenvalue weighted by atomic mass is 35.5. The number of thiophene rings is 1. The van der Waals surface area contributed by atoms with E-state index in [4.69, 9.17) is 11.6 Å². The second kappa shape index (κ2) is 11.7. The third-order valence-electron chi connectivity index (χ3n) is 7.06. The van der Waals surface area contributed by atoms with E-state index in [-0.39, 0.29) is 29.7 Å². The fourth-order valence-electron chi connectivity index (χ4n) is 5.15. The van der Waals surface area contributed by atoms with Crippen LogP contribution >= 0.6 is 22.9 Å². The topological polar surface area (TPSA) is 84.3 Å². The molecule has 12 heteroatoms. The number of nitrogens with one attached hydrogen (secondary N) is 1. The molecule has 218 valence electrons. The first-order valence-corrected chi connectivity index (χ1v) is 14.4. The monoisotopic (exact) mass is 614 g/mol. The van der Waals surface area contributed by atoms with Gasteiger partial charge in [-0.3, -0.25) is 24.0 Å². The molecule has 0 radical (unpaired) electrons. The molecular weight excluding hydrogens is 589 g/mol. The van der Waals surface area contributed by atoms with E-state index in [9.17, 15) is 27.6 Å². The summed E-state index contributed by atoms with van der Waals surface area (Å²) in [6.07, 6.45) is -1.89. The summed E-state index contributed by atoms with van der Waals surface area (Å²) in [7, 11) is 1.74. The van der Waals surface area contributed by atoms with Crippen LogP contribution < -0.4 is 5.32 Å². The fraction of sp³-hybridized carbons (Fsp3) is 0.267. The zero-order chi connectivity index (χ0) is 30.2. The summed E-state index contributed by atoms with van der Waals surface area (Å²) >= 11 is 7.64. The molecule has 0 bridgehead atoms. The van der Waals surface area contributed by atoms with Crippen LogP contribution in [-0.4, -0.2) is 45.0 Å². The summed E-state index contributed by atoms with van der Waals surface area (Å²) in [5.41, 5.74) is 0.911. The lowest BCUT2D eigenvalue weighted by Gasteiger charge is -2.25. The number of imide groups is 1. The number of hydrogen-bond donors (Lipinski definition) is 1. The highest BCUT2D eigenvalue weighted by Gasteiger charge is 2.38. The van der Waals surface area contributed by atoms with Crippen molar-refractivity contribution in [2.75, 3.05) is 6.54 Å². The average Bonchev–Trinajstić information content (AvgIpc) is 3.58. The van der Waals surface area contributed by atoms with Crippen molar-refractivity contribution in [3.05, 3.63) is 97.8 Å². The third kappa shape index (κ3) is 5.71. The molecule has 1 aliphatic heterocycles. The number of alkyl halides is 3. The summed E-state index contributed by atoms with van der Waals surface area (Å²) in [5.74, 6) is -1.66. The second-order valence-electron chi connectivity index (χ2n) is 9.96. The Morgan fingerprint density at radius 1 is 1.05 bits per heavy atom. The van der Waals surface area contributed by atoms with Gasteiger partial charge in [0.05, 0.1) is 44.5 Å². The van der Waals surface area contributed by atoms with E-state index in [2.05, 4.69) is 10.4 Å². The van der Waals surface area contributed by atoms with Gasteiger partial charge in [0.1, 0.15) is 0 Å². The summed E-state index contributed by atoms with van der Waals surface area (Å²) < 4.78 is 43.1. The minimum atomic E-state index is -4.62. The number of aromatic nitrogens is 2. The molecule has 7 nitrogen and oxygen atoms in total. The third-order valence-corrected chi connectivity index (χ3v) is 8.53. The van der Waals surface area contributed by atoms with Crippen molar-refractivity contribution in [1.82, 2.24) is 20.0 Å². The maximum atomic E-state index is 13.8. The normalized spacial score (nSPS) is 13.9. The Balaban J connectivity index is 1.48. The molecule has 3 amide bonds. The molecule has 2 aromatic carbocycles. The summed E-state index contributed by atoms with van der Waals surface area (Å²) in [4.78, 5) is 42.0. The van der Waals surface area contributed by atoms with Gasteiger partial charge in [-0.05, 0) is 42.7 Å². The molecule has 4 aromatic rings. The van der Waals surface area contributed by atoms with Crippen LogP contribution in [0.4, 0.5) is 13.2 Å². The number of fused-ring (bicyclic) bond motifs is 1. The predicted molar refractivity (Wildman–Crippen MR) is 154 cm³/mol. The van der Waals surface area contributed by atoms with E-state index in [1.54, 1.807) is 29.9 Å². The largest absolute Gasteiger partial charge is 0.416 e. The highest BCUT2D eigenvalue weighted by molar-refractivity contribution is 7.14. The molecule has 2 aromatic heterocycles. The second-order valence-corrected chi connectivity index (χ2v) is 11.5. The van der Waals surface area contributed by atoms with Crippen molar-refractivity contribution in [1.29, 1.82) is 0 Å². The van der Waals surface area contributed by atoms with Crippen molar-refractivity contribution in [2.24, 2.45) is 7.05 Å². The first kappa shape index (κ1) is 29.5. The first-order chi connectivity index (χ1) is 20.0. The lowest BCUT2D eigenvalue weighted by atomic mass is 9.99. The maximum absolute atomic E-state index is 13.8. The van der Waals surface area contributed by atoms with Crippen LogP contribution in [0.2, 0.25) is 5.02 Å². The van der Waals surface area contributed by atoms with Crippen LogP contribution in [0, 0.1) is 0 Å². The van der Waals surface area contributed by atoms with Gasteiger partial charge in [0.15, 0.2) is 0 Å². The van der Waals surface area contributed by atoms with Crippen LogP contribution in [0.3, 0.4) is 0 Å². The number of carbonyl (C=O) groups is 3. The molecule has 0 saturated carbocycles. The van der Waals surface area contributed by atoms with Crippen molar-refractivity contribution in [3.8, 4) is 11.3 Å². The minimum Gasteiger partial charge on any atom is -0.346 e. The van der Waals surface area contributed by atoms with Crippen LogP contribution in [-0.2, 0) is 26.1 Å². The number of aryl methyl sites for hydroxylation is 2. The average molecular weight is 615 g/mol. The quantitative estimate of drug-likeness (QED) is 0.221. The van der Waals surface area contributed by atoms with Gasteiger partial charge in [-0.25, -0.2) is 0 Å². The number of carbonyl (C=O) groups excluding carboxylic acids is 3. The molecule has 42 heavy (non-hydrogen) atoms. The molecule has 1 atom stereocenters. The molecule has 3 heterocycles. The van der Waals surface area contributed by atoms with Crippen LogP contribution in [0.1, 0.15) is 59.7 Å². The summed E-state index contributed by atoms with van der Waals surface area (Å²) in [5, 5.41) is 7.43. The van der Waals surface area contributed by atoms with Crippen LogP contribution in [0.5, 0.6) is 0 Å². The Hall–Kier alpha value is -3.96. The first-order valence-electron chi connectivity index (χ1n) is 13.2. The lowest BCUT2D eigenvalue weighted by molar-refractivity contribution is -0.138. The smallest absolute Gasteiger partial charge is 0.346 e. The van der Waals surface area contributed by atoms with E-state index in [0.717, 1.165) is 27.8 Å². The van der Waals surface area contributed by atoms with Crippen LogP contribution in [0.15, 0.2) is 60.8 Å².